The Hall–Kier alpha value is -2.62. The van der Waals surface area contributed by atoms with Crippen molar-refractivity contribution < 1.29 is 13.3 Å². The van der Waals surface area contributed by atoms with E-state index in [1.54, 1.807) is 44.2 Å². The van der Waals surface area contributed by atoms with E-state index < -0.39 is 14.9 Å². The van der Waals surface area contributed by atoms with Gasteiger partial charge in [0.1, 0.15) is 0 Å². The van der Waals surface area contributed by atoms with Gasteiger partial charge in [-0.25, -0.2) is 13.4 Å². The van der Waals surface area contributed by atoms with E-state index in [1.165, 1.54) is 24.4 Å². The first kappa shape index (κ1) is 21.1. The van der Waals surface area contributed by atoms with E-state index in [2.05, 4.69) is 9.71 Å². The summed E-state index contributed by atoms with van der Waals surface area (Å²) in [6.45, 7) is 3.39. The van der Waals surface area contributed by atoms with Crippen LogP contribution in [0.2, 0.25) is 5.02 Å². The van der Waals surface area contributed by atoms with Crippen molar-refractivity contribution in [2.24, 2.45) is 0 Å². The molecule has 10 heteroatoms. The molecule has 0 saturated carbocycles. The monoisotopic (exact) mass is 449 g/mol. The van der Waals surface area contributed by atoms with Crippen LogP contribution >= 0.6 is 23.4 Å². The first-order chi connectivity index (χ1) is 13.7. The second-order valence-corrected chi connectivity index (χ2v) is 9.24. The van der Waals surface area contributed by atoms with Crippen LogP contribution in [-0.2, 0) is 10.0 Å². The molecular weight excluding hydrogens is 434 g/mol. The highest BCUT2D eigenvalue weighted by Crippen LogP contribution is 2.37. The molecule has 150 valence electrons. The number of aryl methyl sites for hydroxylation is 2. The number of aromatic nitrogens is 1. The number of nitrogens with zero attached hydrogens (tertiary/aromatic N) is 2. The van der Waals surface area contributed by atoms with Crippen LogP contribution in [0.5, 0.6) is 0 Å². The Balaban J connectivity index is 1.98. The fourth-order valence-corrected chi connectivity index (χ4v) is 5.21. The first-order valence-corrected chi connectivity index (χ1v) is 11.0. The van der Waals surface area contributed by atoms with Crippen LogP contribution in [0.15, 0.2) is 69.5 Å². The zero-order chi connectivity index (χ0) is 21.2. The minimum atomic E-state index is -3.90. The molecule has 2 aromatic carbocycles. The summed E-state index contributed by atoms with van der Waals surface area (Å²) in [6, 6.07) is 12.6. The maximum absolute atomic E-state index is 13.0. The van der Waals surface area contributed by atoms with Gasteiger partial charge in [0.15, 0.2) is 5.03 Å². The number of hydrogen-bond donors (Lipinski definition) is 1. The Labute approximate surface area is 177 Å². The Morgan fingerprint density at radius 1 is 1.10 bits per heavy atom. The summed E-state index contributed by atoms with van der Waals surface area (Å²) in [5, 5.41) is 11.9. The largest absolute Gasteiger partial charge is 0.301 e. The Morgan fingerprint density at radius 3 is 2.55 bits per heavy atom. The Bertz CT molecular complexity index is 1200. The fraction of sp³-hybridized carbons (Fsp3) is 0.105. The summed E-state index contributed by atoms with van der Waals surface area (Å²) in [7, 11) is -3.90. The van der Waals surface area contributed by atoms with Crippen molar-refractivity contribution in [3.05, 3.63) is 81.0 Å². The van der Waals surface area contributed by atoms with Crippen molar-refractivity contribution in [1.82, 2.24) is 4.98 Å². The molecule has 0 bridgehead atoms. The van der Waals surface area contributed by atoms with Crippen molar-refractivity contribution in [2.45, 2.75) is 28.7 Å². The third-order valence-electron chi connectivity index (χ3n) is 4.03. The SMILES string of the molecule is Cc1cc(S(=O)(=O)Nc2ccccc2Sc2ncccc2[N+](=O)[O-])c(C)cc1Cl. The quantitative estimate of drug-likeness (QED) is 0.409. The number of hydrogen-bond acceptors (Lipinski definition) is 6. The lowest BCUT2D eigenvalue weighted by atomic mass is 10.2. The van der Waals surface area contributed by atoms with E-state index in [0.717, 1.165) is 11.8 Å². The Kier molecular flexibility index (Phi) is 6.11. The van der Waals surface area contributed by atoms with Crippen LogP contribution in [0.1, 0.15) is 11.1 Å². The molecule has 3 rings (SSSR count). The van der Waals surface area contributed by atoms with Crippen LogP contribution in [0, 0.1) is 24.0 Å². The molecule has 1 aromatic heterocycles. The van der Waals surface area contributed by atoms with Crippen LogP contribution in [0.25, 0.3) is 0 Å². The number of halogens is 1. The maximum Gasteiger partial charge on any atom is 0.301 e. The Morgan fingerprint density at radius 2 is 1.83 bits per heavy atom. The molecule has 0 spiro atoms. The molecule has 7 nitrogen and oxygen atoms in total. The van der Waals surface area contributed by atoms with Gasteiger partial charge in [-0.15, -0.1) is 0 Å². The fourth-order valence-electron chi connectivity index (χ4n) is 2.59. The lowest BCUT2D eigenvalue weighted by Crippen LogP contribution is -2.15. The molecule has 0 amide bonds. The molecule has 3 aromatic rings. The van der Waals surface area contributed by atoms with Gasteiger partial charge in [-0.3, -0.25) is 14.8 Å². The number of rotatable bonds is 6. The summed E-state index contributed by atoms with van der Waals surface area (Å²) in [5.74, 6) is 0. The number of benzene rings is 2. The molecule has 0 fully saturated rings. The second-order valence-electron chi connectivity index (χ2n) is 6.16. The molecule has 1 N–H and O–H groups in total. The van der Waals surface area contributed by atoms with Gasteiger partial charge in [-0.05, 0) is 55.3 Å². The summed E-state index contributed by atoms with van der Waals surface area (Å²) >= 11 is 7.09. The number of anilines is 1. The third-order valence-corrected chi connectivity index (χ3v) is 7.03. The number of pyridine rings is 1. The number of nitrogens with one attached hydrogen (secondary N) is 1. The van der Waals surface area contributed by atoms with E-state index in [1.807, 2.05) is 0 Å². The van der Waals surface area contributed by atoms with Gasteiger partial charge in [0.25, 0.3) is 10.0 Å². The van der Waals surface area contributed by atoms with E-state index in [4.69, 9.17) is 11.6 Å². The molecule has 0 aliphatic carbocycles. The molecule has 1 heterocycles. The van der Waals surface area contributed by atoms with Crippen molar-refractivity contribution in [2.75, 3.05) is 4.72 Å². The molecule has 0 unspecified atom stereocenters. The van der Waals surface area contributed by atoms with Gasteiger partial charge in [-0.1, -0.05) is 35.5 Å². The van der Waals surface area contributed by atoms with Crippen LogP contribution in [0.3, 0.4) is 0 Å². The summed E-state index contributed by atoms with van der Waals surface area (Å²) < 4.78 is 28.5. The molecule has 0 aliphatic heterocycles. The zero-order valence-corrected chi connectivity index (χ0v) is 17.8. The van der Waals surface area contributed by atoms with Crippen LogP contribution < -0.4 is 4.72 Å². The zero-order valence-electron chi connectivity index (χ0n) is 15.4. The second kappa shape index (κ2) is 8.40. The molecular formula is C19H16ClN3O4S2. The third kappa shape index (κ3) is 4.69. The van der Waals surface area contributed by atoms with Crippen LogP contribution in [0.4, 0.5) is 11.4 Å². The van der Waals surface area contributed by atoms with Gasteiger partial charge in [-0.2, -0.15) is 0 Å². The molecule has 0 saturated heterocycles. The minimum absolute atomic E-state index is 0.114. The van der Waals surface area contributed by atoms with Gasteiger partial charge < -0.3 is 0 Å². The minimum Gasteiger partial charge on any atom is -0.278 e. The van der Waals surface area contributed by atoms with Gasteiger partial charge in [0.2, 0.25) is 0 Å². The lowest BCUT2D eigenvalue weighted by Gasteiger charge is -2.14. The summed E-state index contributed by atoms with van der Waals surface area (Å²) in [6.07, 6.45) is 1.45. The van der Waals surface area contributed by atoms with E-state index in [9.17, 15) is 18.5 Å². The topological polar surface area (TPSA) is 102 Å². The summed E-state index contributed by atoms with van der Waals surface area (Å²) in [5.41, 5.74) is 1.30. The highest BCUT2D eigenvalue weighted by molar-refractivity contribution is 7.99. The lowest BCUT2D eigenvalue weighted by molar-refractivity contribution is -0.388. The smallest absolute Gasteiger partial charge is 0.278 e. The normalized spacial score (nSPS) is 11.3. The highest BCUT2D eigenvalue weighted by Gasteiger charge is 2.22. The van der Waals surface area contributed by atoms with Crippen molar-refractivity contribution in [3.8, 4) is 0 Å². The predicted octanol–water partition coefficient (Wildman–Crippen LogP) is 5.21. The first-order valence-electron chi connectivity index (χ1n) is 8.35. The number of sulfonamides is 1. The number of para-hydroxylation sites is 1. The molecule has 0 aliphatic rings. The van der Waals surface area contributed by atoms with Gasteiger partial charge in [0, 0.05) is 22.2 Å². The van der Waals surface area contributed by atoms with Crippen molar-refractivity contribution >= 4 is 44.8 Å². The van der Waals surface area contributed by atoms with Crippen molar-refractivity contribution in [1.29, 1.82) is 0 Å². The highest BCUT2D eigenvalue weighted by atomic mass is 35.5. The average molecular weight is 450 g/mol. The predicted molar refractivity (Wildman–Crippen MR) is 113 cm³/mol. The average Bonchev–Trinajstić information content (AvgIpc) is 2.66. The van der Waals surface area contributed by atoms with E-state index >= 15 is 0 Å². The van der Waals surface area contributed by atoms with Crippen LogP contribution in [-0.4, -0.2) is 18.3 Å². The maximum atomic E-state index is 13.0. The van der Waals surface area contributed by atoms with Gasteiger partial charge in [0.05, 0.1) is 15.5 Å². The van der Waals surface area contributed by atoms with E-state index in [0.29, 0.717) is 26.7 Å². The molecule has 0 atom stereocenters. The van der Waals surface area contributed by atoms with E-state index in [-0.39, 0.29) is 15.6 Å². The molecule has 0 radical (unpaired) electrons. The standard InChI is InChI=1S/C19H16ClN3O4S2/c1-12-11-18(13(2)10-14(12)20)29(26,27)22-15-6-3-4-8-17(15)28-19-16(23(24)25)7-5-9-21-19/h3-11,22H,1-2H3. The van der Waals surface area contributed by atoms with Gasteiger partial charge >= 0.3 is 5.69 Å². The molecule has 29 heavy (non-hydrogen) atoms. The summed E-state index contributed by atoms with van der Waals surface area (Å²) in [4.78, 5) is 15.4. The van der Waals surface area contributed by atoms with Crippen molar-refractivity contribution in [3.63, 3.8) is 0 Å². The number of nitro groups is 1.